The van der Waals surface area contributed by atoms with Gasteiger partial charge in [-0.3, -0.25) is 4.79 Å². The van der Waals surface area contributed by atoms with Crippen molar-refractivity contribution in [1.82, 2.24) is 0 Å². The molecule has 1 saturated heterocycles. The van der Waals surface area contributed by atoms with Gasteiger partial charge in [-0.15, -0.1) is 0 Å². The van der Waals surface area contributed by atoms with Gasteiger partial charge in [0.2, 0.25) is 5.91 Å². The topological polar surface area (TPSA) is 32.3 Å². The first kappa shape index (κ1) is 9.70. The molecule has 2 heterocycles. The van der Waals surface area contributed by atoms with Gasteiger partial charge in [0, 0.05) is 30.9 Å². The summed E-state index contributed by atoms with van der Waals surface area (Å²) in [5, 5.41) is 2.96. The van der Waals surface area contributed by atoms with Crippen molar-refractivity contribution in [3.8, 4) is 0 Å². The number of nitrogens with zero attached hydrogens (tertiary/aromatic N) is 1. The maximum absolute atomic E-state index is 11.3. The van der Waals surface area contributed by atoms with Gasteiger partial charge in [0.1, 0.15) is 0 Å². The van der Waals surface area contributed by atoms with Crippen LogP contribution in [0.5, 0.6) is 0 Å². The highest BCUT2D eigenvalue weighted by Crippen LogP contribution is 2.29. The number of fused-ring (bicyclic) bond motifs is 1. The number of carbonyl (C=O) groups is 1. The van der Waals surface area contributed by atoms with Gasteiger partial charge in [0.15, 0.2) is 0 Å². The minimum atomic E-state index is 0.145. The fourth-order valence-electron chi connectivity index (χ4n) is 2.53. The Morgan fingerprint density at radius 2 is 1.94 bits per heavy atom. The maximum Gasteiger partial charge on any atom is 0.224 e. The standard InChI is InChI=1S/C13H16N2O/c16-13-6-4-10-3-5-11(9-12(10)14-13)15-7-1-2-8-15/h3,5,9H,1-2,4,6-8H2,(H,14,16). The van der Waals surface area contributed by atoms with Crippen molar-refractivity contribution >= 4 is 17.3 Å². The summed E-state index contributed by atoms with van der Waals surface area (Å²) >= 11 is 0. The summed E-state index contributed by atoms with van der Waals surface area (Å²) in [6.45, 7) is 2.29. The monoisotopic (exact) mass is 216 g/mol. The molecule has 1 amide bonds. The molecule has 0 spiro atoms. The van der Waals surface area contributed by atoms with Gasteiger partial charge in [-0.25, -0.2) is 0 Å². The lowest BCUT2D eigenvalue weighted by Crippen LogP contribution is -2.21. The highest BCUT2D eigenvalue weighted by atomic mass is 16.1. The molecule has 2 aliphatic rings. The molecule has 84 valence electrons. The van der Waals surface area contributed by atoms with Gasteiger partial charge in [-0.1, -0.05) is 6.07 Å². The van der Waals surface area contributed by atoms with Crippen LogP contribution in [-0.2, 0) is 11.2 Å². The average molecular weight is 216 g/mol. The van der Waals surface area contributed by atoms with Crippen LogP contribution in [0, 0.1) is 0 Å². The minimum absolute atomic E-state index is 0.145. The summed E-state index contributed by atoms with van der Waals surface area (Å²) in [6, 6.07) is 6.46. The molecular formula is C13H16N2O. The van der Waals surface area contributed by atoms with Crippen LogP contribution in [0.25, 0.3) is 0 Å². The molecule has 0 aliphatic carbocycles. The Labute approximate surface area is 95.4 Å². The Kier molecular flexibility index (Phi) is 2.31. The average Bonchev–Trinajstić information content (AvgIpc) is 2.81. The third kappa shape index (κ3) is 1.66. The van der Waals surface area contributed by atoms with Crippen LogP contribution in [0.4, 0.5) is 11.4 Å². The molecule has 1 fully saturated rings. The molecule has 0 bridgehead atoms. The lowest BCUT2D eigenvalue weighted by atomic mass is 10.0. The third-order valence-corrected chi connectivity index (χ3v) is 3.46. The van der Waals surface area contributed by atoms with Gasteiger partial charge >= 0.3 is 0 Å². The maximum atomic E-state index is 11.3. The smallest absolute Gasteiger partial charge is 0.224 e. The van der Waals surface area contributed by atoms with E-state index in [2.05, 4.69) is 28.4 Å². The molecule has 0 aromatic heterocycles. The van der Waals surface area contributed by atoms with Crippen molar-refractivity contribution in [2.75, 3.05) is 23.3 Å². The number of anilines is 2. The zero-order valence-corrected chi connectivity index (χ0v) is 9.33. The second kappa shape index (κ2) is 3.81. The molecule has 0 saturated carbocycles. The van der Waals surface area contributed by atoms with Crippen molar-refractivity contribution < 1.29 is 4.79 Å². The van der Waals surface area contributed by atoms with E-state index < -0.39 is 0 Å². The van der Waals surface area contributed by atoms with E-state index in [1.54, 1.807) is 0 Å². The molecule has 0 radical (unpaired) electrons. The van der Waals surface area contributed by atoms with Crippen LogP contribution in [0.1, 0.15) is 24.8 Å². The summed E-state index contributed by atoms with van der Waals surface area (Å²) in [4.78, 5) is 13.7. The van der Waals surface area contributed by atoms with Crippen molar-refractivity contribution in [1.29, 1.82) is 0 Å². The molecule has 16 heavy (non-hydrogen) atoms. The van der Waals surface area contributed by atoms with Crippen LogP contribution in [0.3, 0.4) is 0 Å². The SMILES string of the molecule is O=C1CCc2ccc(N3CCCC3)cc2N1. The molecule has 1 aromatic rings. The fourth-order valence-corrected chi connectivity index (χ4v) is 2.53. The van der Waals surface area contributed by atoms with Crippen molar-refractivity contribution in [2.24, 2.45) is 0 Å². The number of carbonyl (C=O) groups excluding carboxylic acids is 1. The fraction of sp³-hybridized carbons (Fsp3) is 0.462. The van der Waals surface area contributed by atoms with E-state index in [4.69, 9.17) is 0 Å². The second-order valence-corrected chi connectivity index (χ2v) is 4.58. The van der Waals surface area contributed by atoms with Crippen LogP contribution in [0.2, 0.25) is 0 Å². The van der Waals surface area contributed by atoms with Gasteiger partial charge in [-0.2, -0.15) is 0 Å². The van der Waals surface area contributed by atoms with E-state index in [1.165, 1.54) is 24.1 Å². The zero-order chi connectivity index (χ0) is 11.0. The van der Waals surface area contributed by atoms with Gasteiger partial charge in [0.05, 0.1) is 0 Å². The molecule has 3 rings (SSSR count). The predicted octanol–water partition coefficient (Wildman–Crippen LogP) is 2.17. The normalized spacial score (nSPS) is 19.5. The quantitative estimate of drug-likeness (QED) is 0.780. The van der Waals surface area contributed by atoms with Crippen LogP contribution in [-0.4, -0.2) is 19.0 Å². The Balaban J connectivity index is 1.91. The van der Waals surface area contributed by atoms with E-state index >= 15 is 0 Å². The first-order chi connectivity index (χ1) is 7.83. The summed E-state index contributed by atoms with van der Waals surface area (Å²) in [7, 11) is 0. The van der Waals surface area contributed by atoms with Crippen LogP contribution < -0.4 is 10.2 Å². The lowest BCUT2D eigenvalue weighted by molar-refractivity contribution is -0.116. The number of hydrogen-bond acceptors (Lipinski definition) is 2. The van der Waals surface area contributed by atoms with Gasteiger partial charge < -0.3 is 10.2 Å². The number of aryl methyl sites for hydroxylation is 1. The molecular weight excluding hydrogens is 200 g/mol. The van der Waals surface area contributed by atoms with Crippen molar-refractivity contribution in [3.05, 3.63) is 23.8 Å². The largest absolute Gasteiger partial charge is 0.371 e. The third-order valence-electron chi connectivity index (χ3n) is 3.46. The number of hydrogen-bond donors (Lipinski definition) is 1. The highest BCUT2D eigenvalue weighted by molar-refractivity contribution is 5.94. The summed E-state index contributed by atoms with van der Waals surface area (Å²) in [5.41, 5.74) is 3.53. The number of nitrogens with one attached hydrogen (secondary N) is 1. The second-order valence-electron chi connectivity index (χ2n) is 4.58. The zero-order valence-electron chi connectivity index (χ0n) is 9.33. The van der Waals surface area contributed by atoms with Crippen LogP contribution >= 0.6 is 0 Å². The van der Waals surface area contributed by atoms with E-state index in [0.29, 0.717) is 6.42 Å². The predicted molar refractivity (Wildman–Crippen MR) is 64.8 cm³/mol. The van der Waals surface area contributed by atoms with Crippen LogP contribution in [0.15, 0.2) is 18.2 Å². The Hall–Kier alpha value is -1.51. The molecule has 0 atom stereocenters. The number of rotatable bonds is 1. The highest BCUT2D eigenvalue weighted by Gasteiger charge is 2.17. The van der Waals surface area contributed by atoms with E-state index in [1.807, 2.05) is 0 Å². The first-order valence-electron chi connectivity index (χ1n) is 6.01. The molecule has 2 aliphatic heterocycles. The first-order valence-corrected chi connectivity index (χ1v) is 6.01. The minimum Gasteiger partial charge on any atom is -0.371 e. The Morgan fingerprint density at radius 1 is 1.12 bits per heavy atom. The van der Waals surface area contributed by atoms with E-state index in [0.717, 1.165) is 25.2 Å². The van der Waals surface area contributed by atoms with E-state index in [9.17, 15) is 4.79 Å². The van der Waals surface area contributed by atoms with Gasteiger partial charge in [0.25, 0.3) is 0 Å². The van der Waals surface area contributed by atoms with E-state index in [-0.39, 0.29) is 5.91 Å². The Morgan fingerprint density at radius 3 is 2.75 bits per heavy atom. The molecule has 1 N–H and O–H groups in total. The summed E-state index contributed by atoms with van der Waals surface area (Å²) in [6.07, 6.45) is 4.06. The van der Waals surface area contributed by atoms with Crippen molar-refractivity contribution in [3.63, 3.8) is 0 Å². The van der Waals surface area contributed by atoms with Gasteiger partial charge in [-0.05, 0) is 37.0 Å². The summed E-state index contributed by atoms with van der Waals surface area (Å²) < 4.78 is 0. The number of benzene rings is 1. The number of amides is 1. The lowest BCUT2D eigenvalue weighted by Gasteiger charge is -2.22. The molecule has 0 unspecified atom stereocenters. The molecule has 3 nitrogen and oxygen atoms in total. The molecule has 1 aromatic carbocycles. The van der Waals surface area contributed by atoms with Crippen molar-refractivity contribution in [2.45, 2.75) is 25.7 Å². The molecule has 3 heteroatoms. The Bertz CT molecular complexity index is 422. The summed E-state index contributed by atoms with van der Waals surface area (Å²) in [5.74, 6) is 0.145.